The van der Waals surface area contributed by atoms with Crippen LogP contribution in [0.3, 0.4) is 0 Å². The number of aromatic amines is 2. The first-order valence-electron chi connectivity index (χ1n) is 23.4. The van der Waals surface area contributed by atoms with Crippen molar-refractivity contribution in [2.24, 2.45) is 0 Å². The lowest BCUT2D eigenvalue weighted by Gasteiger charge is -2.39. The molecule has 4 aromatic carbocycles. The number of imidazole rings is 2. The predicted octanol–water partition coefficient (Wildman–Crippen LogP) is 7.07. The maximum Gasteiger partial charge on any atom is 0.245 e. The van der Waals surface area contributed by atoms with Crippen LogP contribution in [0.5, 0.6) is 0 Å². The number of para-hydroxylation sites is 1. The number of hydrogen-bond acceptors (Lipinski definition) is 10. The third kappa shape index (κ3) is 8.02. The monoisotopic (exact) mass is 871 g/mol. The van der Waals surface area contributed by atoms with E-state index in [1.165, 1.54) is 0 Å². The fourth-order valence-corrected chi connectivity index (χ4v) is 10.6. The molecule has 0 radical (unpaired) electrons. The van der Waals surface area contributed by atoms with Gasteiger partial charge < -0.3 is 34.0 Å². The van der Waals surface area contributed by atoms with Gasteiger partial charge in [0.1, 0.15) is 29.2 Å². The smallest absolute Gasteiger partial charge is 0.245 e. The third-order valence-electron chi connectivity index (χ3n) is 14.3. The number of fused-ring (bicyclic) bond motifs is 2. The fourth-order valence-electron chi connectivity index (χ4n) is 10.6. The summed E-state index contributed by atoms with van der Waals surface area (Å²) in [5.74, 6) is 2.98. The van der Waals surface area contributed by atoms with E-state index in [4.69, 9.17) is 19.4 Å². The van der Waals surface area contributed by atoms with E-state index in [0.717, 1.165) is 134 Å². The number of carbonyl (C=O) groups is 2. The van der Waals surface area contributed by atoms with E-state index in [2.05, 4.69) is 78.9 Å². The van der Waals surface area contributed by atoms with Crippen molar-refractivity contribution in [3.63, 3.8) is 0 Å². The van der Waals surface area contributed by atoms with Crippen LogP contribution in [0.1, 0.15) is 72.6 Å². The number of nitrogens with one attached hydrogen (secondary N) is 2. The lowest BCUT2D eigenvalue weighted by Crippen LogP contribution is -2.50. The van der Waals surface area contributed by atoms with Crippen LogP contribution in [0.25, 0.3) is 44.8 Å². The van der Waals surface area contributed by atoms with Crippen molar-refractivity contribution in [1.82, 2.24) is 54.3 Å². The molecule has 14 nitrogen and oxygen atoms in total. The molecule has 7 aromatic rings. The standard InChI is InChI=1S/C51H57N11O3/c1-57-24-28-59(29-25-57)45(34-12-5-3-6-13-34)50(63)61-22-10-18-41(61)47-53-38-21-20-36(32-40(38)55-47)43-33-52-49(65-43)37-16-9-17-39-44(37)56-48(54-39)42-19-11-23-62(42)51(64)46(35-14-7-4-8-15-35)60-30-26-58(2)27-31-60/h3-9,12-17,20-21,32-33,41-42,45-46H,10-11,18-19,22-31H2,1-2H3,(H,53,55)(H,54,56)/t41-,42-,45+,46+/m0/s1. The minimum Gasteiger partial charge on any atom is -0.436 e. The van der Waals surface area contributed by atoms with Gasteiger partial charge in [-0.15, -0.1) is 0 Å². The number of likely N-dealkylation sites (tertiary alicyclic amines) is 2. The summed E-state index contributed by atoms with van der Waals surface area (Å²) < 4.78 is 6.52. The molecule has 2 N–H and O–H groups in total. The van der Waals surface area contributed by atoms with Crippen LogP contribution in [0.2, 0.25) is 0 Å². The largest absolute Gasteiger partial charge is 0.436 e. The van der Waals surface area contributed by atoms with Gasteiger partial charge in [-0.2, -0.15) is 0 Å². The minimum absolute atomic E-state index is 0.134. The Hall–Kier alpha value is -6.19. The maximum absolute atomic E-state index is 14.7. The normalized spacial score (nSPS) is 21.4. The SMILES string of the molecule is CN1CCN([C@@H](C(=O)N2CCC[C@H]2c2nc3ccc(-c4cnc(-c5cccc6[nH]c([C@@H]7CCCN7C(=O)[C@@H](c7ccccc7)N7CCN(C)CC7)nc56)o4)cc3[nH]2)c2ccccc2)CC1. The molecular weight excluding hydrogens is 815 g/mol. The molecule has 334 valence electrons. The number of rotatable bonds is 10. The second kappa shape index (κ2) is 17.7. The zero-order chi connectivity index (χ0) is 44.0. The van der Waals surface area contributed by atoms with Crippen molar-refractivity contribution in [2.75, 3.05) is 79.5 Å². The Morgan fingerprint density at radius 2 is 1.17 bits per heavy atom. The van der Waals surface area contributed by atoms with Crippen LogP contribution in [-0.4, -0.2) is 146 Å². The Labute approximate surface area is 379 Å². The number of benzene rings is 4. The van der Waals surface area contributed by atoms with E-state index in [9.17, 15) is 9.59 Å². The summed E-state index contributed by atoms with van der Waals surface area (Å²) in [7, 11) is 4.29. The molecule has 2 amide bonds. The number of oxazole rings is 1. The zero-order valence-electron chi connectivity index (χ0n) is 37.3. The summed E-state index contributed by atoms with van der Waals surface area (Å²) >= 11 is 0. The number of nitrogens with zero attached hydrogens (tertiary/aromatic N) is 9. The van der Waals surface area contributed by atoms with Gasteiger partial charge in [-0.3, -0.25) is 19.4 Å². The molecule has 7 heterocycles. The second-order valence-corrected chi connectivity index (χ2v) is 18.4. The van der Waals surface area contributed by atoms with Crippen molar-refractivity contribution in [1.29, 1.82) is 0 Å². The van der Waals surface area contributed by atoms with Crippen LogP contribution in [-0.2, 0) is 9.59 Å². The van der Waals surface area contributed by atoms with Gasteiger partial charge in [-0.05, 0) is 81.2 Å². The Morgan fingerprint density at radius 3 is 1.75 bits per heavy atom. The summed E-state index contributed by atoms with van der Waals surface area (Å²) in [6.45, 7) is 8.54. The highest BCUT2D eigenvalue weighted by molar-refractivity contribution is 5.91. The van der Waals surface area contributed by atoms with Crippen molar-refractivity contribution in [2.45, 2.75) is 49.9 Å². The molecule has 0 bridgehead atoms. The van der Waals surface area contributed by atoms with E-state index in [0.29, 0.717) is 24.7 Å². The molecule has 3 aromatic heterocycles. The van der Waals surface area contributed by atoms with E-state index in [-0.39, 0.29) is 36.0 Å². The number of amides is 2. The molecule has 4 aliphatic rings. The van der Waals surface area contributed by atoms with Gasteiger partial charge in [0.2, 0.25) is 17.7 Å². The molecule has 0 unspecified atom stereocenters. The number of hydrogen-bond donors (Lipinski definition) is 2. The van der Waals surface area contributed by atoms with Gasteiger partial charge in [-0.25, -0.2) is 15.0 Å². The summed E-state index contributed by atoms with van der Waals surface area (Å²) in [6, 6.07) is 31.6. The van der Waals surface area contributed by atoms with Crippen LogP contribution < -0.4 is 0 Å². The Morgan fingerprint density at radius 1 is 0.615 bits per heavy atom. The topological polar surface area (TPSA) is 137 Å². The molecule has 4 saturated heterocycles. The van der Waals surface area contributed by atoms with E-state index in [1.807, 2.05) is 71.6 Å². The van der Waals surface area contributed by atoms with Crippen LogP contribution in [0.15, 0.2) is 108 Å². The number of piperazine rings is 2. The number of likely N-dealkylation sites (N-methyl/N-ethyl adjacent to an activating group) is 2. The molecule has 0 spiro atoms. The molecule has 11 rings (SSSR count). The highest BCUT2D eigenvalue weighted by Crippen LogP contribution is 2.39. The summed E-state index contributed by atoms with van der Waals surface area (Å²) in [5.41, 5.74) is 7.09. The summed E-state index contributed by atoms with van der Waals surface area (Å²) in [6.07, 6.45) is 5.30. The van der Waals surface area contributed by atoms with Gasteiger partial charge in [0, 0.05) is 71.0 Å². The van der Waals surface area contributed by atoms with E-state index >= 15 is 0 Å². The highest BCUT2D eigenvalue weighted by Gasteiger charge is 2.41. The Kier molecular flexibility index (Phi) is 11.3. The van der Waals surface area contributed by atoms with Gasteiger partial charge in [0.05, 0.1) is 40.4 Å². The molecule has 14 heteroatoms. The lowest BCUT2D eigenvalue weighted by molar-refractivity contribution is -0.140. The first-order chi connectivity index (χ1) is 31.9. The first-order valence-corrected chi connectivity index (χ1v) is 23.4. The van der Waals surface area contributed by atoms with Crippen molar-refractivity contribution in [3.05, 3.63) is 126 Å². The number of H-pyrrole nitrogens is 2. The summed E-state index contributed by atoms with van der Waals surface area (Å²) in [5, 5.41) is 0. The van der Waals surface area contributed by atoms with Gasteiger partial charge in [0.25, 0.3) is 0 Å². The number of carbonyl (C=O) groups excluding carboxylic acids is 2. The quantitative estimate of drug-likeness (QED) is 0.147. The average molecular weight is 872 g/mol. The lowest BCUT2D eigenvalue weighted by atomic mass is 10.0. The molecule has 0 aliphatic carbocycles. The van der Waals surface area contributed by atoms with Crippen LogP contribution in [0, 0.1) is 0 Å². The molecule has 4 atom stereocenters. The second-order valence-electron chi connectivity index (χ2n) is 18.4. The molecule has 0 saturated carbocycles. The highest BCUT2D eigenvalue weighted by atomic mass is 16.4. The number of aromatic nitrogens is 5. The van der Waals surface area contributed by atoms with Crippen LogP contribution in [0.4, 0.5) is 0 Å². The molecular formula is C51H57N11O3. The maximum atomic E-state index is 14.7. The van der Waals surface area contributed by atoms with Crippen LogP contribution >= 0.6 is 0 Å². The third-order valence-corrected chi connectivity index (χ3v) is 14.3. The molecule has 4 fully saturated rings. The Bertz CT molecular complexity index is 2790. The van der Waals surface area contributed by atoms with E-state index in [1.54, 1.807) is 6.20 Å². The van der Waals surface area contributed by atoms with Gasteiger partial charge in [-0.1, -0.05) is 66.7 Å². The molecule has 4 aliphatic heterocycles. The van der Waals surface area contributed by atoms with Crippen molar-refractivity contribution < 1.29 is 14.0 Å². The molecule has 65 heavy (non-hydrogen) atoms. The fraction of sp³-hybridized carbons (Fsp3) is 0.392. The van der Waals surface area contributed by atoms with E-state index < -0.39 is 0 Å². The predicted molar refractivity (Wildman–Crippen MR) is 251 cm³/mol. The van der Waals surface area contributed by atoms with Crippen molar-refractivity contribution >= 4 is 33.9 Å². The van der Waals surface area contributed by atoms with Crippen molar-refractivity contribution in [3.8, 4) is 22.8 Å². The summed E-state index contributed by atoms with van der Waals surface area (Å²) in [4.78, 5) is 64.9. The average Bonchev–Trinajstić information content (AvgIpc) is 4.20. The van der Waals surface area contributed by atoms with Gasteiger partial charge in [0.15, 0.2) is 5.76 Å². The Balaban J connectivity index is 0.833. The first kappa shape index (κ1) is 41.5. The van der Waals surface area contributed by atoms with Gasteiger partial charge >= 0.3 is 0 Å². The minimum atomic E-state index is -0.338. The zero-order valence-corrected chi connectivity index (χ0v) is 37.3.